The van der Waals surface area contributed by atoms with Crippen molar-refractivity contribution in [1.29, 1.82) is 0 Å². The van der Waals surface area contributed by atoms with Crippen molar-refractivity contribution in [2.75, 3.05) is 11.4 Å². The first-order valence-electron chi connectivity index (χ1n) is 7.41. The molecule has 0 aliphatic carbocycles. The number of carbonyl (C=O) groups is 1. The number of pyridine rings is 1. The van der Waals surface area contributed by atoms with Gasteiger partial charge >= 0.3 is 5.97 Å². The van der Waals surface area contributed by atoms with Gasteiger partial charge in [-0.15, -0.1) is 0 Å². The first-order chi connectivity index (χ1) is 10.2. The third kappa shape index (κ3) is 2.70. The van der Waals surface area contributed by atoms with Gasteiger partial charge < -0.3 is 14.6 Å². The summed E-state index contributed by atoms with van der Waals surface area (Å²) < 4.78 is 1.98. The summed E-state index contributed by atoms with van der Waals surface area (Å²) in [5, 5.41) is 8.93. The Kier molecular flexibility index (Phi) is 3.77. The van der Waals surface area contributed by atoms with Gasteiger partial charge in [0.05, 0.1) is 11.8 Å². The summed E-state index contributed by atoms with van der Waals surface area (Å²) in [5.41, 5.74) is 1.96. The fraction of sp³-hybridized carbons (Fsp3) is 0.533. The monoisotopic (exact) mass is 288 g/mol. The zero-order valence-corrected chi connectivity index (χ0v) is 12.2. The SMILES string of the molecule is Cn1cnc2c(N3CCCCC3CCC(=O)O)nccc21. The lowest BCUT2D eigenvalue weighted by molar-refractivity contribution is -0.137. The summed E-state index contributed by atoms with van der Waals surface area (Å²) in [7, 11) is 1.97. The smallest absolute Gasteiger partial charge is 0.303 e. The molecule has 0 spiro atoms. The molecule has 1 unspecified atom stereocenters. The van der Waals surface area contributed by atoms with E-state index in [1.807, 2.05) is 23.9 Å². The summed E-state index contributed by atoms with van der Waals surface area (Å²) in [6, 6.07) is 2.21. The zero-order valence-electron chi connectivity index (χ0n) is 12.2. The molecule has 112 valence electrons. The Morgan fingerprint density at radius 1 is 1.43 bits per heavy atom. The number of aliphatic carboxylic acids is 1. The number of imidazole rings is 1. The number of rotatable bonds is 4. The molecule has 0 amide bonds. The number of fused-ring (bicyclic) bond motifs is 1. The van der Waals surface area contributed by atoms with Gasteiger partial charge in [0, 0.05) is 32.3 Å². The van der Waals surface area contributed by atoms with Crippen LogP contribution in [-0.2, 0) is 11.8 Å². The summed E-state index contributed by atoms with van der Waals surface area (Å²) in [6.45, 7) is 0.924. The van der Waals surface area contributed by atoms with Crippen LogP contribution in [-0.4, -0.2) is 38.2 Å². The molecule has 21 heavy (non-hydrogen) atoms. The fourth-order valence-electron chi connectivity index (χ4n) is 3.13. The number of aromatic nitrogens is 3. The molecular weight excluding hydrogens is 268 g/mol. The summed E-state index contributed by atoms with van der Waals surface area (Å²) >= 11 is 0. The molecule has 1 aliphatic heterocycles. The van der Waals surface area contributed by atoms with Crippen LogP contribution in [0.15, 0.2) is 18.6 Å². The normalized spacial score (nSPS) is 19.1. The van der Waals surface area contributed by atoms with E-state index in [1.54, 1.807) is 6.33 Å². The largest absolute Gasteiger partial charge is 0.481 e. The average Bonchev–Trinajstić information content (AvgIpc) is 2.87. The third-order valence-corrected chi connectivity index (χ3v) is 4.21. The average molecular weight is 288 g/mol. The van der Waals surface area contributed by atoms with Crippen molar-refractivity contribution in [1.82, 2.24) is 14.5 Å². The van der Waals surface area contributed by atoms with Gasteiger partial charge in [0.15, 0.2) is 5.82 Å². The first-order valence-corrected chi connectivity index (χ1v) is 7.41. The number of aryl methyl sites for hydroxylation is 1. The van der Waals surface area contributed by atoms with E-state index in [4.69, 9.17) is 5.11 Å². The van der Waals surface area contributed by atoms with Gasteiger partial charge in [-0.1, -0.05) is 0 Å². The number of hydrogen-bond acceptors (Lipinski definition) is 4. The first kappa shape index (κ1) is 13.9. The second-order valence-corrected chi connectivity index (χ2v) is 5.63. The maximum absolute atomic E-state index is 10.9. The van der Waals surface area contributed by atoms with Gasteiger partial charge in [0.25, 0.3) is 0 Å². The van der Waals surface area contributed by atoms with Crippen LogP contribution >= 0.6 is 0 Å². The molecule has 6 nitrogen and oxygen atoms in total. The van der Waals surface area contributed by atoms with E-state index in [9.17, 15) is 4.79 Å². The number of hydrogen-bond donors (Lipinski definition) is 1. The minimum absolute atomic E-state index is 0.208. The van der Waals surface area contributed by atoms with Gasteiger partial charge in [-0.3, -0.25) is 4.79 Å². The molecule has 0 bridgehead atoms. The molecule has 3 heterocycles. The van der Waals surface area contributed by atoms with Crippen LogP contribution in [0.5, 0.6) is 0 Å². The van der Waals surface area contributed by atoms with Crippen LogP contribution < -0.4 is 4.90 Å². The molecule has 6 heteroatoms. The number of nitrogens with zero attached hydrogens (tertiary/aromatic N) is 4. The van der Waals surface area contributed by atoms with Crippen molar-refractivity contribution < 1.29 is 9.90 Å². The molecule has 3 rings (SSSR count). The standard InChI is InChI=1S/C15H20N4O2/c1-18-10-17-14-12(18)7-8-16-15(14)19-9-3-2-4-11(19)5-6-13(20)21/h7-8,10-11H,2-6,9H2,1H3,(H,20,21). The number of carboxylic acid groups (broad SMARTS) is 1. The molecule has 2 aromatic rings. The lowest BCUT2D eigenvalue weighted by atomic mass is 9.98. The van der Waals surface area contributed by atoms with Gasteiger partial charge in [-0.25, -0.2) is 9.97 Å². The van der Waals surface area contributed by atoms with Crippen LogP contribution in [0.3, 0.4) is 0 Å². The van der Waals surface area contributed by atoms with E-state index in [0.29, 0.717) is 6.42 Å². The highest BCUT2D eigenvalue weighted by atomic mass is 16.4. The predicted octanol–water partition coefficient (Wildman–Crippen LogP) is 2.19. The van der Waals surface area contributed by atoms with Gasteiger partial charge in [0.2, 0.25) is 0 Å². The summed E-state index contributed by atoms with van der Waals surface area (Å²) in [5.74, 6) is 0.160. The van der Waals surface area contributed by atoms with Crippen molar-refractivity contribution in [3.63, 3.8) is 0 Å². The van der Waals surface area contributed by atoms with E-state index in [1.165, 1.54) is 0 Å². The summed E-state index contributed by atoms with van der Waals surface area (Å²) in [6.07, 6.45) is 7.78. The van der Waals surface area contributed by atoms with Crippen LogP contribution in [0.25, 0.3) is 11.0 Å². The Hall–Kier alpha value is -2.11. The number of anilines is 1. The quantitative estimate of drug-likeness (QED) is 0.933. The predicted molar refractivity (Wildman–Crippen MR) is 80.4 cm³/mol. The van der Waals surface area contributed by atoms with Crippen LogP contribution in [0.2, 0.25) is 0 Å². The van der Waals surface area contributed by atoms with Crippen molar-refractivity contribution in [3.8, 4) is 0 Å². The highest BCUT2D eigenvalue weighted by molar-refractivity contribution is 5.86. The highest BCUT2D eigenvalue weighted by Crippen LogP contribution is 2.30. The molecule has 0 radical (unpaired) electrons. The molecule has 1 atom stereocenters. The van der Waals surface area contributed by atoms with Crippen molar-refractivity contribution >= 4 is 22.8 Å². The second kappa shape index (κ2) is 5.71. The maximum atomic E-state index is 10.9. The minimum Gasteiger partial charge on any atom is -0.481 e. The molecule has 1 aliphatic rings. The molecule has 1 saturated heterocycles. The zero-order chi connectivity index (χ0) is 14.8. The molecule has 0 aromatic carbocycles. The lowest BCUT2D eigenvalue weighted by Crippen LogP contribution is -2.40. The van der Waals surface area contributed by atoms with E-state index < -0.39 is 5.97 Å². The molecule has 1 fully saturated rings. The Labute approximate surface area is 123 Å². The van der Waals surface area contributed by atoms with Gasteiger partial charge in [-0.2, -0.15) is 0 Å². The molecular formula is C15H20N4O2. The molecule has 1 N–H and O–H groups in total. The Morgan fingerprint density at radius 2 is 2.29 bits per heavy atom. The van der Waals surface area contributed by atoms with Crippen molar-refractivity contribution in [2.24, 2.45) is 7.05 Å². The summed E-state index contributed by atoms with van der Waals surface area (Å²) in [4.78, 5) is 22.1. The van der Waals surface area contributed by atoms with Crippen molar-refractivity contribution in [3.05, 3.63) is 18.6 Å². The minimum atomic E-state index is -0.732. The fourth-order valence-corrected chi connectivity index (χ4v) is 3.13. The van der Waals surface area contributed by atoms with E-state index in [0.717, 1.165) is 42.7 Å². The van der Waals surface area contributed by atoms with Crippen LogP contribution in [0, 0.1) is 0 Å². The topological polar surface area (TPSA) is 71.2 Å². The Morgan fingerprint density at radius 3 is 3.10 bits per heavy atom. The van der Waals surface area contributed by atoms with E-state index >= 15 is 0 Å². The molecule has 0 saturated carbocycles. The highest BCUT2D eigenvalue weighted by Gasteiger charge is 2.26. The number of piperidine rings is 1. The lowest BCUT2D eigenvalue weighted by Gasteiger charge is -2.36. The third-order valence-electron chi connectivity index (χ3n) is 4.21. The maximum Gasteiger partial charge on any atom is 0.303 e. The van der Waals surface area contributed by atoms with Gasteiger partial charge in [0.1, 0.15) is 5.52 Å². The number of carboxylic acids is 1. The second-order valence-electron chi connectivity index (χ2n) is 5.63. The van der Waals surface area contributed by atoms with E-state index in [2.05, 4.69) is 14.9 Å². The van der Waals surface area contributed by atoms with Gasteiger partial charge in [-0.05, 0) is 31.7 Å². The van der Waals surface area contributed by atoms with Crippen molar-refractivity contribution in [2.45, 2.75) is 38.1 Å². The van der Waals surface area contributed by atoms with E-state index in [-0.39, 0.29) is 12.5 Å². The Bertz CT molecular complexity index is 652. The molecule has 2 aromatic heterocycles. The van der Waals surface area contributed by atoms with Crippen LogP contribution in [0.1, 0.15) is 32.1 Å². The van der Waals surface area contributed by atoms with Crippen LogP contribution in [0.4, 0.5) is 5.82 Å². The Balaban J connectivity index is 1.92.